The number of thiazole rings is 1. The molecule has 1 aromatic carbocycles. The molecule has 1 saturated heterocycles. The van der Waals surface area contributed by atoms with Crippen molar-refractivity contribution < 1.29 is 18.0 Å². The molecule has 3 heterocycles. The van der Waals surface area contributed by atoms with Gasteiger partial charge in [0.25, 0.3) is 15.9 Å². The molecule has 1 amide bonds. The lowest BCUT2D eigenvalue weighted by Gasteiger charge is -2.34. The molecule has 0 unspecified atom stereocenters. The van der Waals surface area contributed by atoms with Crippen LogP contribution in [0.25, 0.3) is 10.3 Å². The van der Waals surface area contributed by atoms with E-state index < -0.39 is 10.0 Å². The van der Waals surface area contributed by atoms with E-state index in [0.29, 0.717) is 31.7 Å². The van der Waals surface area contributed by atoms with Crippen LogP contribution in [0, 0.1) is 0 Å². The third-order valence-electron chi connectivity index (χ3n) is 4.99. The minimum absolute atomic E-state index is 0.0673. The molecule has 0 aliphatic carbocycles. The quantitative estimate of drug-likeness (QED) is 0.551. The number of sulfonamides is 1. The summed E-state index contributed by atoms with van der Waals surface area (Å²) in [4.78, 5) is 31.5. The first kappa shape index (κ1) is 20.7. The standard InChI is InChI=1S/C19H21N5O4S2/c1-22(28-2)30(26,27)15-7-5-14(6-8-15)18(25)23-10-12-24(13-11-23)19-21-16-4-3-9-20-17(16)29-19/h3-9H,10-13H2,1-2H3. The number of aromatic nitrogens is 2. The highest BCUT2D eigenvalue weighted by Gasteiger charge is 2.25. The van der Waals surface area contributed by atoms with Crippen LogP contribution in [0.15, 0.2) is 47.5 Å². The van der Waals surface area contributed by atoms with Crippen molar-refractivity contribution in [2.45, 2.75) is 4.90 Å². The number of hydrogen-bond acceptors (Lipinski definition) is 8. The fraction of sp³-hybridized carbons (Fsp3) is 0.316. The predicted molar refractivity (Wildman–Crippen MR) is 114 cm³/mol. The summed E-state index contributed by atoms with van der Waals surface area (Å²) in [5.41, 5.74) is 1.33. The topological polar surface area (TPSA) is 95.9 Å². The molecule has 30 heavy (non-hydrogen) atoms. The summed E-state index contributed by atoms with van der Waals surface area (Å²) in [6.07, 6.45) is 1.75. The smallest absolute Gasteiger partial charge is 0.264 e. The van der Waals surface area contributed by atoms with Crippen molar-refractivity contribution in [1.82, 2.24) is 19.3 Å². The van der Waals surface area contributed by atoms with E-state index in [0.717, 1.165) is 19.9 Å². The Labute approximate surface area is 178 Å². The van der Waals surface area contributed by atoms with Crippen molar-refractivity contribution in [3.63, 3.8) is 0 Å². The lowest BCUT2D eigenvalue weighted by Crippen LogP contribution is -2.48. The molecule has 0 saturated carbocycles. The highest BCUT2D eigenvalue weighted by molar-refractivity contribution is 7.89. The molecule has 11 heteroatoms. The van der Waals surface area contributed by atoms with E-state index in [-0.39, 0.29) is 10.8 Å². The molecule has 0 N–H and O–H groups in total. The molecule has 158 valence electrons. The first-order valence-corrected chi connectivity index (χ1v) is 11.5. The Kier molecular flexibility index (Phi) is 5.69. The molecule has 3 aromatic rings. The SMILES string of the molecule is CON(C)S(=O)(=O)c1ccc(C(=O)N2CCN(c3nc4cccnc4s3)CC2)cc1. The zero-order chi connectivity index (χ0) is 21.3. The fourth-order valence-corrected chi connectivity index (χ4v) is 5.13. The number of nitrogens with zero attached hydrogens (tertiary/aromatic N) is 5. The molecule has 0 bridgehead atoms. The summed E-state index contributed by atoms with van der Waals surface area (Å²) in [7, 11) is -1.14. The largest absolute Gasteiger partial charge is 0.344 e. The van der Waals surface area contributed by atoms with E-state index in [1.54, 1.807) is 22.4 Å². The molecule has 9 nitrogen and oxygen atoms in total. The normalized spacial score (nSPS) is 15.2. The first-order chi connectivity index (χ1) is 14.4. The maximum absolute atomic E-state index is 12.8. The molecular formula is C19H21N5O4S2. The van der Waals surface area contributed by atoms with Crippen molar-refractivity contribution >= 4 is 42.7 Å². The average Bonchev–Trinajstić information content (AvgIpc) is 3.22. The number of pyridine rings is 1. The van der Waals surface area contributed by atoms with E-state index >= 15 is 0 Å². The van der Waals surface area contributed by atoms with Gasteiger partial charge in [-0.05, 0) is 36.4 Å². The second-order valence-electron chi connectivity index (χ2n) is 6.73. The van der Waals surface area contributed by atoms with Crippen LogP contribution in [0.3, 0.4) is 0 Å². The number of hydrogen-bond donors (Lipinski definition) is 0. The molecule has 1 aliphatic rings. The van der Waals surface area contributed by atoms with Gasteiger partial charge in [-0.1, -0.05) is 15.8 Å². The van der Waals surface area contributed by atoms with E-state index in [9.17, 15) is 13.2 Å². The third kappa shape index (κ3) is 3.88. The van der Waals surface area contributed by atoms with Gasteiger partial charge in [0.15, 0.2) is 5.13 Å². The summed E-state index contributed by atoms with van der Waals surface area (Å²) in [5, 5.41) is 0.910. The Balaban J connectivity index is 1.41. The van der Waals surface area contributed by atoms with Crippen molar-refractivity contribution in [2.75, 3.05) is 45.2 Å². The molecule has 1 aliphatic heterocycles. The Hall–Kier alpha value is -2.60. The molecule has 2 aromatic heterocycles. The monoisotopic (exact) mass is 447 g/mol. The summed E-state index contributed by atoms with van der Waals surface area (Å²) in [6, 6.07) is 9.71. The number of fused-ring (bicyclic) bond motifs is 1. The summed E-state index contributed by atoms with van der Waals surface area (Å²) in [6.45, 7) is 2.48. The van der Waals surface area contributed by atoms with E-state index in [4.69, 9.17) is 4.84 Å². The van der Waals surface area contributed by atoms with Crippen LogP contribution in [0.5, 0.6) is 0 Å². The van der Waals surface area contributed by atoms with Gasteiger partial charge in [-0.3, -0.25) is 9.63 Å². The first-order valence-electron chi connectivity index (χ1n) is 9.29. The van der Waals surface area contributed by atoms with Gasteiger partial charge in [0, 0.05) is 45.0 Å². The lowest BCUT2D eigenvalue weighted by molar-refractivity contribution is -0.0258. The number of amides is 1. The number of hydroxylamine groups is 1. The van der Waals surface area contributed by atoms with Gasteiger partial charge in [-0.15, -0.1) is 0 Å². The van der Waals surface area contributed by atoms with Crippen molar-refractivity contribution in [1.29, 1.82) is 0 Å². The Morgan fingerprint density at radius 1 is 1.13 bits per heavy atom. The Bertz CT molecular complexity index is 1120. The summed E-state index contributed by atoms with van der Waals surface area (Å²) < 4.78 is 25.3. The van der Waals surface area contributed by atoms with Crippen LogP contribution in [-0.4, -0.2) is 74.0 Å². The van der Waals surface area contributed by atoms with Crippen molar-refractivity contribution in [2.24, 2.45) is 0 Å². The second kappa shape index (κ2) is 8.26. The van der Waals surface area contributed by atoms with Crippen LogP contribution >= 0.6 is 11.3 Å². The Morgan fingerprint density at radius 3 is 2.47 bits per heavy atom. The third-order valence-corrected chi connectivity index (χ3v) is 7.72. The number of carbonyl (C=O) groups is 1. The van der Waals surface area contributed by atoms with Crippen molar-refractivity contribution in [3.05, 3.63) is 48.2 Å². The van der Waals surface area contributed by atoms with Gasteiger partial charge >= 0.3 is 0 Å². The van der Waals surface area contributed by atoms with Crippen LogP contribution in [-0.2, 0) is 14.9 Å². The van der Waals surface area contributed by atoms with E-state index in [1.165, 1.54) is 38.4 Å². The molecule has 0 atom stereocenters. The van der Waals surface area contributed by atoms with E-state index in [1.807, 2.05) is 12.1 Å². The molecule has 4 rings (SSSR count). The second-order valence-corrected chi connectivity index (χ2v) is 9.62. The van der Waals surface area contributed by atoms with Crippen LogP contribution < -0.4 is 4.90 Å². The fourth-order valence-electron chi connectivity index (χ4n) is 3.19. The van der Waals surface area contributed by atoms with E-state index in [2.05, 4.69) is 14.9 Å². The van der Waals surface area contributed by atoms with Gasteiger partial charge in [0.05, 0.1) is 12.0 Å². The van der Waals surface area contributed by atoms with Gasteiger partial charge in [-0.25, -0.2) is 18.4 Å². The minimum Gasteiger partial charge on any atom is -0.344 e. The zero-order valence-corrected chi connectivity index (χ0v) is 18.2. The highest BCUT2D eigenvalue weighted by Crippen LogP contribution is 2.28. The lowest BCUT2D eigenvalue weighted by atomic mass is 10.2. The van der Waals surface area contributed by atoms with Gasteiger partial charge in [-0.2, -0.15) is 0 Å². The van der Waals surface area contributed by atoms with Crippen molar-refractivity contribution in [3.8, 4) is 0 Å². The van der Waals surface area contributed by atoms with Crippen LogP contribution in [0.4, 0.5) is 5.13 Å². The van der Waals surface area contributed by atoms with Gasteiger partial charge in [0.2, 0.25) is 0 Å². The number of benzene rings is 1. The number of anilines is 1. The minimum atomic E-state index is -3.74. The maximum atomic E-state index is 12.8. The molecular weight excluding hydrogens is 426 g/mol. The predicted octanol–water partition coefficient (Wildman–Crippen LogP) is 1.84. The molecule has 0 radical (unpaired) electrons. The molecule has 0 spiro atoms. The maximum Gasteiger partial charge on any atom is 0.264 e. The zero-order valence-electron chi connectivity index (χ0n) is 16.6. The number of rotatable bonds is 5. The van der Waals surface area contributed by atoms with Gasteiger partial charge < -0.3 is 9.80 Å². The molecule has 1 fully saturated rings. The number of piperazine rings is 1. The summed E-state index contributed by atoms with van der Waals surface area (Å²) >= 11 is 1.55. The van der Waals surface area contributed by atoms with Crippen LogP contribution in [0.2, 0.25) is 0 Å². The number of carbonyl (C=O) groups excluding carboxylic acids is 1. The van der Waals surface area contributed by atoms with Gasteiger partial charge in [0.1, 0.15) is 10.3 Å². The average molecular weight is 448 g/mol. The highest BCUT2D eigenvalue weighted by atomic mass is 32.2. The Morgan fingerprint density at radius 2 is 1.83 bits per heavy atom. The summed E-state index contributed by atoms with van der Waals surface area (Å²) in [5.74, 6) is -0.121. The van der Waals surface area contributed by atoms with Crippen LogP contribution in [0.1, 0.15) is 10.4 Å².